The molecule has 4 nitrogen and oxygen atoms in total. The molecule has 0 aliphatic carbocycles. The monoisotopic (exact) mass is 257 g/mol. The van der Waals surface area contributed by atoms with Gasteiger partial charge in [0.05, 0.1) is 17.5 Å². The van der Waals surface area contributed by atoms with E-state index in [1.54, 1.807) is 0 Å². The van der Waals surface area contributed by atoms with Gasteiger partial charge >= 0.3 is 6.18 Å². The van der Waals surface area contributed by atoms with Gasteiger partial charge in [0.2, 0.25) is 0 Å². The van der Waals surface area contributed by atoms with Crippen molar-refractivity contribution < 1.29 is 17.9 Å². The predicted octanol–water partition coefficient (Wildman–Crippen LogP) is 2.59. The quantitative estimate of drug-likeness (QED) is 0.888. The van der Waals surface area contributed by atoms with Crippen molar-refractivity contribution in [3.8, 4) is 5.75 Å². The number of aromatic nitrogens is 2. The Bertz CT molecular complexity index is 536. The first-order chi connectivity index (χ1) is 8.45. The van der Waals surface area contributed by atoms with Gasteiger partial charge < -0.3 is 15.5 Å². The lowest BCUT2D eigenvalue weighted by atomic mass is 10.2. The topological polar surface area (TPSA) is 63.9 Å². The van der Waals surface area contributed by atoms with E-state index in [0.717, 1.165) is 12.1 Å². The second-order valence-corrected chi connectivity index (χ2v) is 3.61. The minimum atomic E-state index is -4.38. The summed E-state index contributed by atoms with van der Waals surface area (Å²) in [6.07, 6.45) is -2.92. The number of nitrogens with one attached hydrogen (secondary N) is 1. The number of ether oxygens (including phenoxy) is 1. The average Bonchev–Trinajstić information content (AvgIpc) is 2.72. The van der Waals surface area contributed by atoms with Crippen LogP contribution in [-0.2, 0) is 12.8 Å². The van der Waals surface area contributed by atoms with Crippen LogP contribution in [0.2, 0.25) is 0 Å². The first-order valence-electron chi connectivity index (χ1n) is 5.04. The summed E-state index contributed by atoms with van der Waals surface area (Å²) in [4.78, 5) is 6.46. The molecule has 0 aliphatic rings. The van der Waals surface area contributed by atoms with Crippen molar-refractivity contribution >= 4 is 5.95 Å². The summed E-state index contributed by atoms with van der Waals surface area (Å²) in [5.74, 6) is 0.371. The Kier molecular flexibility index (Phi) is 3.14. The Labute approximate surface area is 101 Å². The van der Waals surface area contributed by atoms with Crippen LogP contribution >= 0.6 is 0 Å². The molecule has 0 bridgehead atoms. The number of rotatable bonds is 3. The lowest BCUT2D eigenvalue weighted by Gasteiger charge is -2.09. The van der Waals surface area contributed by atoms with Gasteiger partial charge in [-0.25, -0.2) is 4.98 Å². The number of nitrogens with two attached hydrogens (primary N) is 1. The van der Waals surface area contributed by atoms with E-state index in [0.29, 0.717) is 5.69 Å². The van der Waals surface area contributed by atoms with E-state index in [2.05, 4.69) is 9.97 Å². The lowest BCUT2D eigenvalue weighted by molar-refractivity contribution is -0.137. The summed E-state index contributed by atoms with van der Waals surface area (Å²) < 4.78 is 42.6. The second-order valence-electron chi connectivity index (χ2n) is 3.61. The minimum absolute atomic E-state index is 0.0749. The zero-order valence-electron chi connectivity index (χ0n) is 9.16. The number of aromatic amines is 1. The van der Waals surface area contributed by atoms with Crippen LogP contribution in [0.25, 0.3) is 0 Å². The largest absolute Gasteiger partial charge is 0.487 e. The van der Waals surface area contributed by atoms with E-state index in [4.69, 9.17) is 10.5 Å². The van der Waals surface area contributed by atoms with Crippen LogP contribution in [0, 0.1) is 0 Å². The highest BCUT2D eigenvalue weighted by Crippen LogP contribution is 2.31. The third-order valence-electron chi connectivity index (χ3n) is 2.20. The van der Waals surface area contributed by atoms with Gasteiger partial charge in [-0.15, -0.1) is 0 Å². The number of hydrogen-bond donors (Lipinski definition) is 2. The lowest BCUT2D eigenvalue weighted by Crippen LogP contribution is -2.05. The van der Waals surface area contributed by atoms with E-state index in [9.17, 15) is 13.2 Å². The van der Waals surface area contributed by atoms with Crippen LogP contribution in [0.5, 0.6) is 5.75 Å². The normalized spacial score (nSPS) is 11.5. The molecule has 0 fully saturated rings. The number of H-pyrrole nitrogens is 1. The highest BCUT2D eigenvalue weighted by molar-refractivity contribution is 5.30. The van der Waals surface area contributed by atoms with Crippen LogP contribution < -0.4 is 10.5 Å². The number of benzene rings is 1. The Balaban J connectivity index is 2.06. The number of nitrogen functional groups attached to an aromatic ring is 1. The Morgan fingerprint density at radius 3 is 2.72 bits per heavy atom. The predicted molar refractivity (Wildman–Crippen MR) is 58.8 cm³/mol. The first kappa shape index (κ1) is 12.3. The van der Waals surface area contributed by atoms with Crippen LogP contribution in [0.3, 0.4) is 0 Å². The number of anilines is 1. The molecule has 0 amide bonds. The summed E-state index contributed by atoms with van der Waals surface area (Å²) in [6.45, 7) is 0.0749. The van der Waals surface area contributed by atoms with Crippen molar-refractivity contribution in [2.24, 2.45) is 0 Å². The Morgan fingerprint density at radius 1 is 1.33 bits per heavy atom. The van der Waals surface area contributed by atoms with Gasteiger partial charge in [-0.2, -0.15) is 13.2 Å². The van der Waals surface area contributed by atoms with Crippen molar-refractivity contribution in [1.29, 1.82) is 0 Å². The van der Waals surface area contributed by atoms with Crippen LogP contribution in [-0.4, -0.2) is 9.97 Å². The SMILES string of the molecule is Nc1ncc(COc2cccc(C(F)(F)F)c2)[nH]1. The van der Waals surface area contributed by atoms with E-state index >= 15 is 0 Å². The van der Waals surface area contributed by atoms with Gasteiger partial charge in [0.1, 0.15) is 12.4 Å². The molecule has 1 aromatic carbocycles. The summed E-state index contributed by atoms with van der Waals surface area (Å²) in [6, 6.07) is 4.68. The number of imidazole rings is 1. The molecule has 0 saturated heterocycles. The first-order valence-corrected chi connectivity index (χ1v) is 5.04. The molecule has 96 valence electrons. The molecule has 0 aliphatic heterocycles. The minimum Gasteiger partial charge on any atom is -0.487 e. The van der Waals surface area contributed by atoms with Crippen molar-refractivity contribution in [2.45, 2.75) is 12.8 Å². The zero-order chi connectivity index (χ0) is 13.2. The summed E-state index contributed by atoms with van der Waals surface area (Å²) >= 11 is 0. The van der Waals surface area contributed by atoms with E-state index < -0.39 is 11.7 Å². The molecule has 0 unspecified atom stereocenters. The standard InChI is InChI=1S/C11H10F3N3O/c12-11(13,14)7-2-1-3-9(4-7)18-6-8-5-16-10(15)17-8/h1-5H,6H2,(H3,15,16,17). The van der Waals surface area contributed by atoms with Crippen LogP contribution in [0.4, 0.5) is 19.1 Å². The summed E-state index contributed by atoms with van der Waals surface area (Å²) in [5, 5.41) is 0. The number of hydrogen-bond acceptors (Lipinski definition) is 3. The summed E-state index contributed by atoms with van der Waals surface area (Å²) in [5.41, 5.74) is 5.20. The zero-order valence-corrected chi connectivity index (χ0v) is 9.16. The summed E-state index contributed by atoms with van der Waals surface area (Å²) in [7, 11) is 0. The molecule has 3 N–H and O–H groups in total. The maximum Gasteiger partial charge on any atom is 0.416 e. The van der Waals surface area contributed by atoms with Crippen molar-refractivity contribution in [2.75, 3.05) is 5.73 Å². The fourth-order valence-corrected chi connectivity index (χ4v) is 1.37. The fraction of sp³-hybridized carbons (Fsp3) is 0.182. The second kappa shape index (κ2) is 4.59. The van der Waals surface area contributed by atoms with Crippen molar-refractivity contribution in [3.63, 3.8) is 0 Å². The molecule has 0 spiro atoms. The number of halogens is 3. The fourth-order valence-electron chi connectivity index (χ4n) is 1.37. The van der Waals surface area contributed by atoms with Gasteiger partial charge in [-0.05, 0) is 18.2 Å². The van der Waals surface area contributed by atoms with E-state index in [1.807, 2.05) is 0 Å². The Hall–Kier alpha value is -2.18. The number of nitrogens with zero attached hydrogens (tertiary/aromatic N) is 1. The molecule has 2 rings (SSSR count). The highest BCUT2D eigenvalue weighted by atomic mass is 19.4. The highest BCUT2D eigenvalue weighted by Gasteiger charge is 2.30. The molecule has 0 radical (unpaired) electrons. The third-order valence-corrected chi connectivity index (χ3v) is 2.20. The number of alkyl halides is 3. The van der Waals surface area contributed by atoms with Crippen molar-refractivity contribution in [3.05, 3.63) is 41.7 Å². The van der Waals surface area contributed by atoms with Crippen LogP contribution in [0.1, 0.15) is 11.3 Å². The van der Waals surface area contributed by atoms with Gasteiger partial charge in [0.15, 0.2) is 5.95 Å². The molecule has 7 heteroatoms. The molecule has 1 heterocycles. The molecule has 2 aromatic rings. The molecule has 18 heavy (non-hydrogen) atoms. The smallest absolute Gasteiger partial charge is 0.416 e. The molecule has 0 atom stereocenters. The maximum absolute atomic E-state index is 12.4. The Morgan fingerprint density at radius 2 is 2.11 bits per heavy atom. The van der Waals surface area contributed by atoms with Crippen LogP contribution in [0.15, 0.2) is 30.5 Å². The molecular weight excluding hydrogens is 247 g/mol. The molecular formula is C11H10F3N3O. The van der Waals surface area contributed by atoms with E-state index in [1.165, 1.54) is 18.3 Å². The van der Waals surface area contributed by atoms with Crippen molar-refractivity contribution in [1.82, 2.24) is 9.97 Å². The van der Waals surface area contributed by atoms with Gasteiger partial charge in [0.25, 0.3) is 0 Å². The van der Waals surface area contributed by atoms with Gasteiger partial charge in [-0.3, -0.25) is 0 Å². The van der Waals surface area contributed by atoms with Gasteiger partial charge in [-0.1, -0.05) is 6.07 Å². The molecule has 1 aromatic heterocycles. The van der Waals surface area contributed by atoms with E-state index in [-0.39, 0.29) is 18.3 Å². The average molecular weight is 257 g/mol. The third kappa shape index (κ3) is 2.93. The molecule has 0 saturated carbocycles. The van der Waals surface area contributed by atoms with Gasteiger partial charge in [0, 0.05) is 0 Å². The maximum atomic E-state index is 12.4.